The summed E-state index contributed by atoms with van der Waals surface area (Å²) < 4.78 is 5.52. The van der Waals surface area contributed by atoms with Gasteiger partial charge in [0.05, 0.1) is 11.5 Å². The number of hydrogen-bond acceptors (Lipinski definition) is 4. The molecule has 0 saturated heterocycles. The van der Waals surface area contributed by atoms with Crippen LogP contribution >= 0.6 is 0 Å². The Balaban J connectivity index is 1.79. The van der Waals surface area contributed by atoms with E-state index in [1.165, 1.54) is 12.1 Å². The maximum atomic E-state index is 11.6. The van der Waals surface area contributed by atoms with Crippen molar-refractivity contribution in [2.75, 3.05) is 6.61 Å². The third-order valence-electron chi connectivity index (χ3n) is 3.46. The number of rotatable bonds is 5. The molecule has 2 rings (SSSR count). The molecule has 0 N–H and O–H groups in total. The maximum Gasteiger partial charge on any atom is 0.269 e. The van der Waals surface area contributed by atoms with Crippen molar-refractivity contribution in [2.45, 2.75) is 32.1 Å². The molecule has 0 aliphatic heterocycles. The molecule has 0 heterocycles. The fraction of sp³-hybridized carbons (Fsp3) is 0.500. The van der Waals surface area contributed by atoms with Crippen LogP contribution in [-0.4, -0.2) is 17.3 Å². The van der Waals surface area contributed by atoms with E-state index in [1.54, 1.807) is 12.1 Å². The standard InChI is InChI=1S/C14H17NO4/c16-14-4-2-1-3-11(14)9-10-19-13-7-5-12(6-8-13)15(17)18/h5-8,11H,1-4,9-10H2. The van der Waals surface area contributed by atoms with E-state index in [1.807, 2.05) is 0 Å². The number of ether oxygens (including phenoxy) is 1. The number of nitro benzene ring substituents is 1. The summed E-state index contributed by atoms with van der Waals surface area (Å²) in [7, 11) is 0. The predicted molar refractivity (Wildman–Crippen MR) is 70.2 cm³/mol. The van der Waals surface area contributed by atoms with Crippen LogP contribution in [0.2, 0.25) is 0 Å². The molecule has 1 atom stereocenters. The van der Waals surface area contributed by atoms with Crippen molar-refractivity contribution < 1.29 is 14.5 Å². The van der Waals surface area contributed by atoms with Crippen molar-refractivity contribution in [1.29, 1.82) is 0 Å². The minimum Gasteiger partial charge on any atom is -0.494 e. The first-order chi connectivity index (χ1) is 9.16. The van der Waals surface area contributed by atoms with Crippen LogP contribution in [0.4, 0.5) is 5.69 Å². The second-order valence-corrected chi connectivity index (χ2v) is 4.80. The lowest BCUT2D eigenvalue weighted by molar-refractivity contribution is -0.384. The summed E-state index contributed by atoms with van der Waals surface area (Å²) in [5.41, 5.74) is 0.0507. The Hall–Kier alpha value is -1.91. The highest BCUT2D eigenvalue weighted by Gasteiger charge is 2.21. The summed E-state index contributed by atoms with van der Waals surface area (Å²) in [5.74, 6) is 1.08. The molecule has 5 nitrogen and oxygen atoms in total. The molecular weight excluding hydrogens is 246 g/mol. The molecule has 0 aromatic heterocycles. The van der Waals surface area contributed by atoms with E-state index in [0.29, 0.717) is 24.6 Å². The average Bonchev–Trinajstić information content (AvgIpc) is 2.41. The first-order valence-corrected chi connectivity index (χ1v) is 6.57. The number of ketones is 1. The summed E-state index contributed by atoms with van der Waals surface area (Å²) in [5, 5.41) is 10.5. The van der Waals surface area contributed by atoms with Gasteiger partial charge in [-0.3, -0.25) is 14.9 Å². The number of nitrogens with zero attached hydrogens (tertiary/aromatic N) is 1. The number of carbonyl (C=O) groups is 1. The molecule has 0 radical (unpaired) electrons. The van der Waals surface area contributed by atoms with Gasteiger partial charge in [0.1, 0.15) is 11.5 Å². The summed E-state index contributed by atoms with van der Waals surface area (Å²) in [6.45, 7) is 0.480. The average molecular weight is 263 g/mol. The van der Waals surface area contributed by atoms with Crippen molar-refractivity contribution in [3.05, 3.63) is 34.4 Å². The van der Waals surface area contributed by atoms with Crippen LogP contribution in [-0.2, 0) is 4.79 Å². The minimum absolute atomic E-state index is 0.0507. The van der Waals surface area contributed by atoms with Gasteiger partial charge in [0.2, 0.25) is 0 Å². The molecule has 0 amide bonds. The number of Topliss-reactive ketones (excluding diaryl/α,β-unsaturated/α-hetero) is 1. The van der Waals surface area contributed by atoms with E-state index >= 15 is 0 Å². The molecule has 1 unspecified atom stereocenters. The second-order valence-electron chi connectivity index (χ2n) is 4.80. The van der Waals surface area contributed by atoms with E-state index in [9.17, 15) is 14.9 Å². The van der Waals surface area contributed by atoms with E-state index in [0.717, 1.165) is 25.7 Å². The van der Waals surface area contributed by atoms with Crippen LogP contribution in [0.15, 0.2) is 24.3 Å². The van der Waals surface area contributed by atoms with Crippen molar-refractivity contribution in [2.24, 2.45) is 5.92 Å². The summed E-state index contributed by atoms with van der Waals surface area (Å²) >= 11 is 0. The van der Waals surface area contributed by atoms with Gasteiger partial charge < -0.3 is 4.74 Å². The van der Waals surface area contributed by atoms with Gasteiger partial charge in [0, 0.05) is 24.5 Å². The predicted octanol–water partition coefficient (Wildman–Crippen LogP) is 3.12. The van der Waals surface area contributed by atoms with Gasteiger partial charge in [-0.05, 0) is 31.4 Å². The van der Waals surface area contributed by atoms with Gasteiger partial charge in [-0.25, -0.2) is 0 Å². The fourth-order valence-corrected chi connectivity index (χ4v) is 2.34. The molecule has 0 spiro atoms. The molecule has 1 aromatic rings. The third-order valence-corrected chi connectivity index (χ3v) is 3.46. The molecule has 1 aliphatic carbocycles. The SMILES string of the molecule is O=C1CCCCC1CCOc1ccc([N+](=O)[O-])cc1. The topological polar surface area (TPSA) is 69.4 Å². The van der Waals surface area contributed by atoms with Gasteiger partial charge in [-0.2, -0.15) is 0 Å². The number of benzene rings is 1. The molecule has 1 saturated carbocycles. The summed E-state index contributed by atoms with van der Waals surface area (Å²) in [4.78, 5) is 21.7. The fourth-order valence-electron chi connectivity index (χ4n) is 2.34. The van der Waals surface area contributed by atoms with Crippen LogP contribution in [0.25, 0.3) is 0 Å². The van der Waals surface area contributed by atoms with Crippen LogP contribution in [0.3, 0.4) is 0 Å². The lowest BCUT2D eigenvalue weighted by atomic mass is 9.86. The summed E-state index contributed by atoms with van der Waals surface area (Å²) in [6.07, 6.45) is 4.52. The van der Waals surface area contributed by atoms with Gasteiger partial charge >= 0.3 is 0 Å². The van der Waals surface area contributed by atoms with Gasteiger partial charge in [-0.15, -0.1) is 0 Å². The number of carbonyl (C=O) groups excluding carboxylic acids is 1. The molecule has 1 fully saturated rings. The monoisotopic (exact) mass is 263 g/mol. The normalized spacial score (nSPS) is 19.2. The van der Waals surface area contributed by atoms with E-state index < -0.39 is 4.92 Å². The zero-order chi connectivity index (χ0) is 13.7. The van der Waals surface area contributed by atoms with Crippen LogP contribution in [0.5, 0.6) is 5.75 Å². The van der Waals surface area contributed by atoms with Gasteiger partial charge in [-0.1, -0.05) is 6.42 Å². The zero-order valence-corrected chi connectivity index (χ0v) is 10.7. The van der Waals surface area contributed by atoms with Crippen LogP contribution < -0.4 is 4.74 Å². The molecule has 0 bridgehead atoms. The smallest absolute Gasteiger partial charge is 0.269 e. The maximum absolute atomic E-state index is 11.6. The van der Waals surface area contributed by atoms with Crippen molar-refractivity contribution in [1.82, 2.24) is 0 Å². The highest BCUT2D eigenvalue weighted by molar-refractivity contribution is 5.81. The Morgan fingerprint density at radius 3 is 2.63 bits per heavy atom. The van der Waals surface area contributed by atoms with E-state index in [2.05, 4.69) is 0 Å². The number of hydrogen-bond donors (Lipinski definition) is 0. The highest BCUT2D eigenvalue weighted by atomic mass is 16.6. The summed E-state index contributed by atoms with van der Waals surface area (Å²) in [6, 6.07) is 6.00. The molecule has 102 valence electrons. The first-order valence-electron chi connectivity index (χ1n) is 6.57. The Morgan fingerprint density at radius 2 is 2.00 bits per heavy atom. The molecule has 5 heteroatoms. The van der Waals surface area contributed by atoms with Crippen LogP contribution in [0.1, 0.15) is 32.1 Å². The second kappa shape index (κ2) is 6.31. The molecule has 19 heavy (non-hydrogen) atoms. The highest BCUT2D eigenvalue weighted by Crippen LogP contribution is 2.24. The number of non-ortho nitro benzene ring substituents is 1. The lowest BCUT2D eigenvalue weighted by Crippen LogP contribution is -2.21. The van der Waals surface area contributed by atoms with E-state index in [4.69, 9.17) is 4.74 Å². The Labute approximate surface area is 111 Å². The number of nitro groups is 1. The van der Waals surface area contributed by atoms with Gasteiger partial charge in [0.25, 0.3) is 5.69 Å². The largest absolute Gasteiger partial charge is 0.494 e. The Kier molecular flexibility index (Phi) is 4.49. The van der Waals surface area contributed by atoms with E-state index in [-0.39, 0.29) is 11.6 Å². The van der Waals surface area contributed by atoms with Crippen LogP contribution in [0, 0.1) is 16.0 Å². The Morgan fingerprint density at radius 1 is 1.26 bits per heavy atom. The minimum atomic E-state index is -0.440. The zero-order valence-electron chi connectivity index (χ0n) is 10.7. The van der Waals surface area contributed by atoms with Crippen molar-refractivity contribution >= 4 is 11.5 Å². The van der Waals surface area contributed by atoms with Gasteiger partial charge in [0.15, 0.2) is 0 Å². The molecular formula is C14H17NO4. The molecule has 1 aromatic carbocycles. The lowest BCUT2D eigenvalue weighted by Gasteiger charge is -2.20. The Bertz CT molecular complexity index is 455. The first kappa shape index (κ1) is 13.5. The van der Waals surface area contributed by atoms with Crippen molar-refractivity contribution in [3.8, 4) is 5.75 Å². The quantitative estimate of drug-likeness (QED) is 0.604. The third kappa shape index (κ3) is 3.77. The van der Waals surface area contributed by atoms with Crippen molar-refractivity contribution in [3.63, 3.8) is 0 Å². The molecule has 1 aliphatic rings.